The number of hydrogen-bond donors (Lipinski definition) is 1. The molecule has 6 aromatic carbocycles. The lowest BCUT2D eigenvalue weighted by atomic mass is 9.49. The van der Waals surface area contributed by atoms with Gasteiger partial charge in [0.2, 0.25) is 0 Å². The number of benzene rings is 6. The number of rotatable bonds is 2. The fourth-order valence-corrected chi connectivity index (χ4v) is 8.47. The lowest BCUT2D eigenvalue weighted by Crippen LogP contribution is -2.61. The molecule has 0 aliphatic carbocycles. The molecule has 8 rings (SSSR count). The molecular formula is C45H34B8N2. The Hall–Kier alpha value is -4.56. The van der Waals surface area contributed by atoms with Crippen LogP contribution in [-0.2, 0) is 16.2 Å². The van der Waals surface area contributed by atoms with Crippen LogP contribution in [0.25, 0.3) is 11.1 Å². The van der Waals surface area contributed by atoms with Crippen molar-refractivity contribution in [3.63, 3.8) is 0 Å². The summed E-state index contributed by atoms with van der Waals surface area (Å²) in [6.45, 7) is 13.1. The quantitative estimate of drug-likeness (QED) is 0.281. The van der Waals surface area contributed by atoms with Crippen molar-refractivity contribution in [2.75, 3.05) is 10.2 Å². The van der Waals surface area contributed by atoms with E-state index in [1.54, 1.807) is 0 Å². The van der Waals surface area contributed by atoms with Gasteiger partial charge < -0.3 is 10.2 Å². The summed E-state index contributed by atoms with van der Waals surface area (Å²) in [5.41, 5.74) is 10.7. The summed E-state index contributed by atoms with van der Waals surface area (Å²) in [5.74, 6) is 0. The highest BCUT2D eigenvalue weighted by Crippen LogP contribution is 2.60. The molecule has 6 aromatic rings. The molecule has 0 fully saturated rings. The predicted molar refractivity (Wildman–Crippen MR) is 242 cm³/mol. The van der Waals surface area contributed by atoms with E-state index in [0.717, 1.165) is 50.4 Å². The third-order valence-electron chi connectivity index (χ3n) is 11.5. The number of hydrogen-bond acceptors (Lipinski definition) is 2. The molecule has 2 aliphatic heterocycles. The van der Waals surface area contributed by atoms with Gasteiger partial charge in [-0.25, -0.2) is 0 Å². The van der Waals surface area contributed by atoms with Crippen molar-refractivity contribution >= 4 is 135 Å². The van der Waals surface area contributed by atoms with Crippen LogP contribution in [0.2, 0.25) is 0 Å². The first-order valence-corrected chi connectivity index (χ1v) is 18.4. The summed E-state index contributed by atoms with van der Waals surface area (Å²) >= 11 is 0. The minimum absolute atomic E-state index is 0.164. The number of nitrogens with one attached hydrogen (secondary N) is 1. The van der Waals surface area contributed by atoms with Gasteiger partial charge in [0.15, 0.2) is 0 Å². The summed E-state index contributed by atoms with van der Waals surface area (Å²) in [6, 6.07) is 31.2. The molecule has 0 bridgehead atoms. The molecule has 10 heteroatoms. The van der Waals surface area contributed by atoms with Crippen LogP contribution in [-0.4, -0.2) is 62.8 Å². The Kier molecular flexibility index (Phi) is 8.65. The third-order valence-corrected chi connectivity index (χ3v) is 11.5. The Morgan fingerprint density at radius 2 is 0.855 bits per heavy atom. The summed E-state index contributed by atoms with van der Waals surface area (Å²) in [7, 11) is 56.5. The van der Waals surface area contributed by atoms with Gasteiger partial charge in [0.25, 0.3) is 0 Å². The van der Waals surface area contributed by atoms with E-state index in [9.17, 15) is 0 Å². The topological polar surface area (TPSA) is 15.3 Å². The molecule has 2 nitrogen and oxygen atoms in total. The van der Waals surface area contributed by atoms with E-state index in [0.29, 0.717) is 22.5 Å². The van der Waals surface area contributed by atoms with E-state index < -0.39 is 5.41 Å². The number of fused-ring (bicyclic) bond motifs is 8. The molecule has 0 saturated heterocycles. The first-order chi connectivity index (χ1) is 25.9. The first-order valence-electron chi connectivity index (χ1n) is 18.4. The standard InChI is InChI=1S/C45H34B8N2/c1-43(2,3)24-14-18-29-27(20-24)45(28-21-25(44(4,5)6)15-19-30(28)54-29)31-33(46)35(48)37(50)39(52)41(31)55(42-32(45)34(47)36(49)38(51)40(42)53)26-16-12-23(13-17-26)22-10-8-7-9-11-22/h7-21,54H,1-6H3. The van der Waals surface area contributed by atoms with Crippen molar-refractivity contribution in [3.8, 4) is 11.1 Å². The lowest BCUT2D eigenvalue weighted by molar-refractivity contribution is 0.584. The maximum atomic E-state index is 7.36. The van der Waals surface area contributed by atoms with Crippen LogP contribution in [0.1, 0.15) is 74.9 Å². The second-order valence-electron chi connectivity index (χ2n) is 16.9. The summed E-state index contributed by atoms with van der Waals surface area (Å²) < 4.78 is 0. The second-order valence-corrected chi connectivity index (χ2v) is 16.9. The van der Waals surface area contributed by atoms with E-state index in [-0.39, 0.29) is 54.5 Å². The Balaban J connectivity index is 1.62. The molecule has 55 heavy (non-hydrogen) atoms. The van der Waals surface area contributed by atoms with Crippen LogP contribution in [0.3, 0.4) is 0 Å². The Bertz CT molecular complexity index is 2430. The van der Waals surface area contributed by atoms with Crippen molar-refractivity contribution in [3.05, 3.63) is 124 Å². The van der Waals surface area contributed by atoms with Crippen molar-refractivity contribution in [1.82, 2.24) is 0 Å². The SMILES string of the molecule is [B]c1c([B])c([B])c2c(c1[B])N(c1ccc(-c3ccccc3)cc1)c1c([B])c([B])c([B])c([B])c1C21c2cc(C(C)(C)C)ccc2Nc2ccc(C(C)(C)C)cc21. The number of nitrogens with zero attached hydrogens (tertiary/aromatic N) is 1. The molecule has 1 spiro atoms. The van der Waals surface area contributed by atoms with Gasteiger partial charge in [0.05, 0.1) is 5.41 Å². The molecule has 2 aliphatic rings. The van der Waals surface area contributed by atoms with Crippen molar-refractivity contribution in [2.24, 2.45) is 0 Å². The first kappa shape index (κ1) is 37.4. The van der Waals surface area contributed by atoms with Crippen LogP contribution in [0, 0.1) is 0 Å². The van der Waals surface area contributed by atoms with Crippen LogP contribution >= 0.6 is 0 Å². The zero-order valence-corrected chi connectivity index (χ0v) is 32.2. The van der Waals surface area contributed by atoms with E-state index in [1.807, 2.05) is 35.2 Å². The highest BCUT2D eigenvalue weighted by molar-refractivity contribution is 6.66. The lowest BCUT2D eigenvalue weighted by Gasteiger charge is -2.53. The highest BCUT2D eigenvalue weighted by atomic mass is 15.2. The third kappa shape index (κ3) is 5.41. The Morgan fingerprint density at radius 3 is 1.27 bits per heavy atom. The molecule has 16 radical (unpaired) electrons. The summed E-state index contributed by atoms with van der Waals surface area (Å²) in [6.07, 6.45) is 0. The number of anilines is 5. The van der Waals surface area contributed by atoms with Crippen molar-refractivity contribution in [1.29, 1.82) is 0 Å². The van der Waals surface area contributed by atoms with Crippen molar-refractivity contribution < 1.29 is 0 Å². The minimum Gasteiger partial charge on any atom is -0.355 e. The van der Waals surface area contributed by atoms with Gasteiger partial charge in [-0.2, -0.15) is 0 Å². The fourth-order valence-electron chi connectivity index (χ4n) is 8.47. The van der Waals surface area contributed by atoms with Crippen molar-refractivity contribution in [2.45, 2.75) is 57.8 Å². The van der Waals surface area contributed by atoms with Crippen LogP contribution in [0.5, 0.6) is 0 Å². The maximum Gasteiger partial charge on any atom is 0.115 e. The summed E-state index contributed by atoms with van der Waals surface area (Å²) in [4.78, 5) is 1.97. The van der Waals surface area contributed by atoms with Crippen LogP contribution in [0.4, 0.5) is 28.4 Å². The van der Waals surface area contributed by atoms with Crippen LogP contribution in [0.15, 0.2) is 91.0 Å². The molecule has 0 aromatic heterocycles. The van der Waals surface area contributed by atoms with Crippen LogP contribution < -0.4 is 53.9 Å². The largest absolute Gasteiger partial charge is 0.355 e. The molecule has 0 amide bonds. The van der Waals surface area contributed by atoms with E-state index in [1.165, 1.54) is 0 Å². The van der Waals surface area contributed by atoms with Gasteiger partial charge in [0.1, 0.15) is 62.8 Å². The van der Waals surface area contributed by atoms with E-state index in [2.05, 4.69) is 108 Å². The second kappa shape index (κ2) is 12.7. The average Bonchev–Trinajstić information content (AvgIpc) is 3.16. The minimum atomic E-state index is -1.27. The molecule has 0 atom stereocenters. The van der Waals surface area contributed by atoms with Gasteiger partial charge in [-0.15, -0.1) is 21.9 Å². The Labute approximate surface area is 337 Å². The van der Waals surface area contributed by atoms with Gasteiger partial charge in [-0.3, -0.25) is 0 Å². The van der Waals surface area contributed by atoms with Gasteiger partial charge >= 0.3 is 0 Å². The maximum absolute atomic E-state index is 7.36. The normalized spacial score (nSPS) is 14.1. The zero-order valence-electron chi connectivity index (χ0n) is 32.2. The van der Waals surface area contributed by atoms with E-state index in [4.69, 9.17) is 62.8 Å². The zero-order chi connectivity index (χ0) is 39.5. The fraction of sp³-hybridized carbons (Fsp3) is 0.200. The highest BCUT2D eigenvalue weighted by Gasteiger charge is 2.53. The molecular weight excluding hydrogens is 655 g/mol. The predicted octanol–water partition coefficient (Wildman–Crippen LogP) is 2.52. The monoisotopic (exact) mass is 690 g/mol. The molecule has 0 saturated carbocycles. The molecule has 0 unspecified atom stereocenters. The molecule has 1 N–H and O–H groups in total. The smallest absolute Gasteiger partial charge is 0.115 e. The van der Waals surface area contributed by atoms with Gasteiger partial charge in [0, 0.05) is 28.4 Å². The Morgan fingerprint density at radius 1 is 0.455 bits per heavy atom. The van der Waals surface area contributed by atoms with Gasteiger partial charge in [-0.1, -0.05) is 130 Å². The molecule has 248 valence electrons. The molecule has 2 heterocycles. The van der Waals surface area contributed by atoms with E-state index >= 15 is 0 Å². The average molecular weight is 689 g/mol. The summed E-state index contributed by atoms with van der Waals surface area (Å²) in [5, 5.41) is 3.75. The van der Waals surface area contributed by atoms with Gasteiger partial charge in [-0.05, 0) is 79.6 Å².